The van der Waals surface area contributed by atoms with Gasteiger partial charge in [0.25, 0.3) is 5.56 Å². The zero-order chi connectivity index (χ0) is 32.8. The van der Waals surface area contributed by atoms with Crippen molar-refractivity contribution in [1.82, 2.24) is 19.3 Å². The second-order valence-electron chi connectivity index (χ2n) is 11.0. The molecule has 0 unspecified atom stereocenters. The van der Waals surface area contributed by atoms with Crippen LogP contribution in [0, 0.1) is 5.82 Å². The number of hydrogen-bond acceptors (Lipinski definition) is 9. The van der Waals surface area contributed by atoms with Crippen LogP contribution in [-0.2, 0) is 28.9 Å². The summed E-state index contributed by atoms with van der Waals surface area (Å²) >= 11 is 0. The number of rotatable bonds is 14. The number of Topliss-reactive ketones (excluding diaryl/α,β-unsaturated/α-hetero) is 1. The van der Waals surface area contributed by atoms with Crippen LogP contribution in [-0.4, -0.2) is 65.8 Å². The van der Waals surface area contributed by atoms with E-state index < -0.39 is 11.4 Å². The summed E-state index contributed by atoms with van der Waals surface area (Å²) in [6.45, 7) is 2.00. The molecule has 0 spiro atoms. The highest BCUT2D eigenvalue weighted by atomic mass is 19.1. The van der Waals surface area contributed by atoms with Crippen LogP contribution in [0.2, 0.25) is 0 Å². The standard InChI is InChI=1S/C35H35FN4O7/c1-43-15-17-45-31-20-25-27(21-32(31)46-18-16-44-2)37-22-38-34(25)47-24-12-10-23(11-13-24)19-30(41)33-29-9-5-6-14-39(29)40(35(33)42)28-8-4-3-7-26(28)36/h3-4,7-8,10-13,20-22H,5-6,9,14-19H2,1-2H3. The molecule has 0 bridgehead atoms. The van der Waals surface area contributed by atoms with Gasteiger partial charge in [-0.2, -0.15) is 0 Å². The number of para-hydroxylation sites is 1. The highest BCUT2D eigenvalue weighted by Gasteiger charge is 2.28. The van der Waals surface area contributed by atoms with Crippen molar-refractivity contribution in [2.24, 2.45) is 0 Å². The van der Waals surface area contributed by atoms with Gasteiger partial charge in [0, 0.05) is 33.3 Å². The van der Waals surface area contributed by atoms with Gasteiger partial charge in [0.05, 0.1) is 29.8 Å². The Morgan fingerprint density at radius 3 is 2.34 bits per heavy atom. The number of benzene rings is 3. The van der Waals surface area contributed by atoms with Crippen LogP contribution in [0.1, 0.15) is 34.5 Å². The van der Waals surface area contributed by atoms with E-state index in [2.05, 4.69) is 9.97 Å². The van der Waals surface area contributed by atoms with Crippen molar-refractivity contribution in [3.8, 4) is 28.8 Å². The fraction of sp³-hybridized carbons (Fsp3) is 0.314. The van der Waals surface area contributed by atoms with Crippen LogP contribution in [0.3, 0.4) is 0 Å². The van der Waals surface area contributed by atoms with E-state index in [1.807, 2.05) is 0 Å². The van der Waals surface area contributed by atoms with Crippen molar-refractivity contribution < 1.29 is 32.9 Å². The Balaban J connectivity index is 1.22. The zero-order valence-electron chi connectivity index (χ0n) is 26.2. The van der Waals surface area contributed by atoms with Crippen LogP contribution >= 0.6 is 0 Å². The molecule has 0 fully saturated rings. The second-order valence-corrected chi connectivity index (χ2v) is 11.0. The van der Waals surface area contributed by atoms with E-state index in [-0.39, 0.29) is 23.5 Å². The first-order chi connectivity index (χ1) is 23.0. The number of halogens is 1. The summed E-state index contributed by atoms with van der Waals surface area (Å²) in [7, 11) is 3.20. The summed E-state index contributed by atoms with van der Waals surface area (Å²) in [5.74, 6) is 0.975. The molecule has 12 heteroatoms. The third-order valence-corrected chi connectivity index (χ3v) is 7.90. The van der Waals surface area contributed by atoms with Gasteiger partial charge in [-0.3, -0.25) is 14.3 Å². The lowest BCUT2D eigenvalue weighted by Gasteiger charge is -2.19. The SMILES string of the molecule is COCCOc1cc2ncnc(Oc3ccc(CC(=O)c4c5n(n(-c6ccccc6F)c4=O)CCCC5)cc3)c2cc1OCCOC. The van der Waals surface area contributed by atoms with Crippen LogP contribution in [0.4, 0.5) is 4.39 Å². The van der Waals surface area contributed by atoms with Crippen LogP contribution in [0.25, 0.3) is 16.6 Å². The first kappa shape index (κ1) is 31.9. The Kier molecular flexibility index (Phi) is 9.89. The largest absolute Gasteiger partial charge is 0.487 e. The monoisotopic (exact) mass is 642 g/mol. The predicted molar refractivity (Wildman–Crippen MR) is 172 cm³/mol. The molecule has 5 aromatic rings. The van der Waals surface area contributed by atoms with Crippen molar-refractivity contribution in [2.45, 2.75) is 32.2 Å². The van der Waals surface area contributed by atoms with Gasteiger partial charge in [0.1, 0.15) is 42.4 Å². The average molecular weight is 643 g/mol. The molecular weight excluding hydrogens is 607 g/mol. The number of ketones is 1. The highest BCUT2D eigenvalue weighted by Crippen LogP contribution is 2.36. The lowest BCUT2D eigenvalue weighted by atomic mass is 9.99. The molecule has 3 aromatic carbocycles. The summed E-state index contributed by atoms with van der Waals surface area (Å²) in [4.78, 5) is 35.9. The number of methoxy groups -OCH3 is 2. The minimum atomic E-state index is -0.516. The van der Waals surface area contributed by atoms with E-state index in [9.17, 15) is 14.0 Å². The predicted octanol–water partition coefficient (Wildman–Crippen LogP) is 5.33. The van der Waals surface area contributed by atoms with Gasteiger partial charge < -0.3 is 23.7 Å². The van der Waals surface area contributed by atoms with E-state index in [0.29, 0.717) is 84.7 Å². The van der Waals surface area contributed by atoms with E-state index >= 15 is 0 Å². The maximum absolute atomic E-state index is 14.7. The summed E-state index contributed by atoms with van der Waals surface area (Å²) in [5.41, 5.74) is 1.72. The Morgan fingerprint density at radius 2 is 1.62 bits per heavy atom. The van der Waals surface area contributed by atoms with Gasteiger partial charge in [-0.1, -0.05) is 24.3 Å². The molecule has 1 aliphatic rings. The number of carbonyl (C=O) groups excluding carboxylic acids is 1. The topological polar surface area (TPSA) is 116 Å². The summed E-state index contributed by atoms with van der Waals surface area (Å²) in [6.07, 6.45) is 3.69. The minimum absolute atomic E-state index is 0.00820. The van der Waals surface area contributed by atoms with Crippen molar-refractivity contribution in [2.75, 3.05) is 40.6 Å². The first-order valence-corrected chi connectivity index (χ1v) is 15.4. The first-order valence-electron chi connectivity index (χ1n) is 15.4. The maximum Gasteiger partial charge on any atom is 0.282 e. The quantitative estimate of drug-likeness (QED) is 0.117. The van der Waals surface area contributed by atoms with Crippen molar-refractivity contribution in [3.05, 3.63) is 100.0 Å². The van der Waals surface area contributed by atoms with E-state index in [0.717, 1.165) is 12.8 Å². The second kappa shape index (κ2) is 14.6. The van der Waals surface area contributed by atoms with E-state index in [4.69, 9.17) is 23.7 Å². The number of hydrogen-bond donors (Lipinski definition) is 0. The summed E-state index contributed by atoms with van der Waals surface area (Å²) in [6, 6.07) is 16.7. The molecule has 47 heavy (non-hydrogen) atoms. The molecule has 0 saturated carbocycles. The van der Waals surface area contributed by atoms with Crippen molar-refractivity contribution >= 4 is 16.7 Å². The van der Waals surface area contributed by atoms with Gasteiger partial charge in [-0.05, 0) is 55.2 Å². The van der Waals surface area contributed by atoms with Gasteiger partial charge >= 0.3 is 0 Å². The van der Waals surface area contributed by atoms with Gasteiger partial charge in [-0.15, -0.1) is 0 Å². The van der Waals surface area contributed by atoms with Crippen LogP contribution < -0.4 is 19.8 Å². The zero-order valence-corrected chi connectivity index (χ0v) is 26.2. The fourth-order valence-corrected chi connectivity index (χ4v) is 5.65. The van der Waals surface area contributed by atoms with Crippen LogP contribution in [0.15, 0.2) is 71.8 Å². The molecule has 11 nitrogen and oxygen atoms in total. The molecule has 244 valence electrons. The molecule has 2 aromatic heterocycles. The average Bonchev–Trinajstić information content (AvgIpc) is 3.38. The molecule has 0 amide bonds. The van der Waals surface area contributed by atoms with Crippen molar-refractivity contribution in [3.63, 3.8) is 0 Å². The Labute approximate surface area is 270 Å². The highest BCUT2D eigenvalue weighted by molar-refractivity contribution is 5.98. The lowest BCUT2D eigenvalue weighted by molar-refractivity contribution is 0.0990. The third kappa shape index (κ3) is 6.88. The molecule has 0 radical (unpaired) electrons. The normalized spacial score (nSPS) is 12.6. The molecule has 0 aliphatic carbocycles. The molecule has 0 N–H and O–H groups in total. The number of ether oxygens (including phenoxy) is 5. The smallest absolute Gasteiger partial charge is 0.282 e. The van der Waals surface area contributed by atoms with Crippen molar-refractivity contribution in [1.29, 1.82) is 0 Å². The van der Waals surface area contributed by atoms with E-state index in [1.165, 1.54) is 17.1 Å². The fourth-order valence-electron chi connectivity index (χ4n) is 5.65. The number of nitrogens with zero attached hydrogens (tertiary/aromatic N) is 4. The molecule has 6 rings (SSSR count). The number of carbonyl (C=O) groups is 1. The Bertz CT molecular complexity index is 1940. The molecule has 3 heterocycles. The van der Waals surface area contributed by atoms with Gasteiger partial charge in [-0.25, -0.2) is 19.0 Å². The molecule has 0 saturated heterocycles. The molecular formula is C35H35FN4O7. The van der Waals surface area contributed by atoms with Gasteiger partial charge in [0.15, 0.2) is 17.3 Å². The number of fused-ring (bicyclic) bond motifs is 2. The molecule has 0 atom stereocenters. The summed E-state index contributed by atoms with van der Waals surface area (Å²) < 4.78 is 45.9. The van der Waals surface area contributed by atoms with Gasteiger partial charge in [0.2, 0.25) is 5.88 Å². The molecule has 1 aliphatic heterocycles. The maximum atomic E-state index is 14.7. The Morgan fingerprint density at radius 1 is 0.894 bits per heavy atom. The summed E-state index contributed by atoms with van der Waals surface area (Å²) in [5, 5.41) is 0.614. The third-order valence-electron chi connectivity index (χ3n) is 7.90. The lowest BCUT2D eigenvalue weighted by Crippen LogP contribution is -2.25. The number of aromatic nitrogens is 4. The van der Waals surface area contributed by atoms with E-state index in [1.54, 1.807) is 73.5 Å². The van der Waals surface area contributed by atoms with Crippen LogP contribution in [0.5, 0.6) is 23.1 Å². The Hall–Kier alpha value is -5.07. The minimum Gasteiger partial charge on any atom is -0.487 e.